The predicted molar refractivity (Wildman–Crippen MR) is 73.5 cm³/mol. The Morgan fingerprint density at radius 2 is 2.11 bits per heavy atom. The first-order chi connectivity index (χ1) is 9.04. The van der Waals surface area contributed by atoms with Gasteiger partial charge in [0.25, 0.3) is 0 Å². The van der Waals surface area contributed by atoms with Crippen LogP contribution in [-0.2, 0) is 4.74 Å². The molecule has 0 aliphatic rings. The van der Waals surface area contributed by atoms with Gasteiger partial charge >= 0.3 is 6.09 Å². The van der Waals surface area contributed by atoms with E-state index in [4.69, 9.17) is 0 Å². The van der Waals surface area contributed by atoms with Gasteiger partial charge in [-0.15, -0.1) is 0 Å². The number of benzene rings is 1. The molecule has 0 radical (unpaired) electrons. The summed E-state index contributed by atoms with van der Waals surface area (Å²) in [5.74, 6) is 0.144. The van der Waals surface area contributed by atoms with Gasteiger partial charge in [0.05, 0.1) is 12.8 Å². The standard InChI is InChI=1S/C15H18N2O2/c1-10-6-5-7-13(11(10)2)12(3)14-8-17(9-16-14)15(18)19-4/h5-9,12H,1-4H3/t12-/m0/s1. The first-order valence-corrected chi connectivity index (χ1v) is 6.23. The van der Waals surface area contributed by atoms with E-state index in [1.807, 2.05) is 6.07 Å². The number of carbonyl (C=O) groups is 1. The fourth-order valence-electron chi connectivity index (χ4n) is 2.17. The van der Waals surface area contributed by atoms with Gasteiger partial charge in [0.15, 0.2) is 0 Å². The molecule has 0 N–H and O–H groups in total. The van der Waals surface area contributed by atoms with E-state index in [1.165, 1.54) is 34.7 Å². The number of ether oxygens (including phenoxy) is 1. The van der Waals surface area contributed by atoms with E-state index in [1.54, 1.807) is 6.20 Å². The third kappa shape index (κ3) is 2.52. The highest BCUT2D eigenvalue weighted by Gasteiger charge is 2.16. The van der Waals surface area contributed by atoms with Crippen LogP contribution in [-0.4, -0.2) is 22.8 Å². The number of aryl methyl sites for hydroxylation is 1. The van der Waals surface area contributed by atoms with Crippen LogP contribution in [0.25, 0.3) is 0 Å². The lowest BCUT2D eigenvalue weighted by Gasteiger charge is -2.14. The fourth-order valence-corrected chi connectivity index (χ4v) is 2.17. The molecule has 2 aromatic rings. The smallest absolute Gasteiger partial charge is 0.418 e. The van der Waals surface area contributed by atoms with Gasteiger partial charge in [0.1, 0.15) is 6.33 Å². The number of hydrogen-bond acceptors (Lipinski definition) is 3. The molecular formula is C15H18N2O2. The van der Waals surface area contributed by atoms with Crippen LogP contribution >= 0.6 is 0 Å². The molecule has 19 heavy (non-hydrogen) atoms. The number of rotatable bonds is 2. The first kappa shape index (κ1) is 13.3. The normalized spacial score (nSPS) is 12.2. The zero-order chi connectivity index (χ0) is 14.0. The number of methoxy groups -OCH3 is 1. The SMILES string of the molecule is COC(=O)n1cnc([C@@H](C)c2cccc(C)c2C)c1. The van der Waals surface area contributed by atoms with E-state index < -0.39 is 6.09 Å². The number of imidazole rings is 1. The summed E-state index contributed by atoms with van der Waals surface area (Å²) < 4.78 is 6.02. The minimum atomic E-state index is -0.424. The second-order valence-electron chi connectivity index (χ2n) is 4.69. The number of hydrogen-bond donors (Lipinski definition) is 0. The molecule has 0 amide bonds. The Hall–Kier alpha value is -2.10. The number of aromatic nitrogens is 2. The van der Waals surface area contributed by atoms with Crippen molar-refractivity contribution in [2.24, 2.45) is 0 Å². The van der Waals surface area contributed by atoms with Crippen molar-refractivity contribution in [2.45, 2.75) is 26.7 Å². The van der Waals surface area contributed by atoms with Crippen LogP contribution in [0.5, 0.6) is 0 Å². The fraction of sp³-hybridized carbons (Fsp3) is 0.333. The van der Waals surface area contributed by atoms with E-state index >= 15 is 0 Å². The van der Waals surface area contributed by atoms with Crippen LogP contribution in [0, 0.1) is 13.8 Å². The second kappa shape index (κ2) is 5.26. The van der Waals surface area contributed by atoms with Crippen LogP contribution in [0.3, 0.4) is 0 Å². The molecular weight excluding hydrogens is 240 g/mol. The van der Waals surface area contributed by atoms with Crippen LogP contribution in [0.2, 0.25) is 0 Å². The van der Waals surface area contributed by atoms with Crippen molar-refractivity contribution in [3.63, 3.8) is 0 Å². The molecule has 1 aromatic carbocycles. The molecule has 0 spiro atoms. The highest BCUT2D eigenvalue weighted by atomic mass is 16.5. The zero-order valence-corrected chi connectivity index (χ0v) is 11.7. The Balaban J connectivity index is 2.34. The molecule has 2 rings (SSSR count). The molecule has 0 bridgehead atoms. The van der Waals surface area contributed by atoms with Crippen molar-refractivity contribution >= 4 is 6.09 Å². The van der Waals surface area contributed by atoms with Crippen LogP contribution in [0.15, 0.2) is 30.7 Å². The lowest BCUT2D eigenvalue weighted by molar-refractivity contribution is 0.173. The van der Waals surface area contributed by atoms with Crippen molar-refractivity contribution < 1.29 is 9.53 Å². The van der Waals surface area contributed by atoms with Crippen molar-refractivity contribution in [3.05, 3.63) is 53.1 Å². The quantitative estimate of drug-likeness (QED) is 0.830. The minimum absolute atomic E-state index is 0.144. The summed E-state index contributed by atoms with van der Waals surface area (Å²) in [4.78, 5) is 15.7. The summed E-state index contributed by atoms with van der Waals surface area (Å²) in [5.41, 5.74) is 4.62. The maximum Gasteiger partial charge on any atom is 0.418 e. The summed E-state index contributed by atoms with van der Waals surface area (Å²) >= 11 is 0. The van der Waals surface area contributed by atoms with Gasteiger partial charge < -0.3 is 4.74 Å². The first-order valence-electron chi connectivity index (χ1n) is 6.23. The largest absolute Gasteiger partial charge is 0.452 e. The van der Waals surface area contributed by atoms with Gasteiger partial charge in [-0.2, -0.15) is 0 Å². The number of nitrogens with zero attached hydrogens (tertiary/aromatic N) is 2. The molecule has 0 saturated heterocycles. The second-order valence-corrected chi connectivity index (χ2v) is 4.69. The van der Waals surface area contributed by atoms with Crippen LogP contribution in [0.4, 0.5) is 4.79 Å². The topological polar surface area (TPSA) is 44.1 Å². The molecule has 0 unspecified atom stereocenters. The van der Waals surface area contributed by atoms with Gasteiger partial charge in [0, 0.05) is 12.1 Å². The average Bonchev–Trinajstić information content (AvgIpc) is 2.90. The van der Waals surface area contributed by atoms with Gasteiger partial charge in [0.2, 0.25) is 0 Å². The third-order valence-corrected chi connectivity index (χ3v) is 3.54. The Kier molecular flexibility index (Phi) is 3.69. The highest BCUT2D eigenvalue weighted by molar-refractivity contribution is 5.70. The van der Waals surface area contributed by atoms with E-state index in [0.29, 0.717) is 0 Å². The van der Waals surface area contributed by atoms with E-state index in [-0.39, 0.29) is 5.92 Å². The molecule has 4 nitrogen and oxygen atoms in total. The Morgan fingerprint density at radius 1 is 1.37 bits per heavy atom. The number of carbonyl (C=O) groups excluding carboxylic acids is 1. The third-order valence-electron chi connectivity index (χ3n) is 3.54. The Morgan fingerprint density at radius 3 is 2.79 bits per heavy atom. The maximum absolute atomic E-state index is 11.4. The minimum Gasteiger partial charge on any atom is -0.452 e. The monoisotopic (exact) mass is 258 g/mol. The van der Waals surface area contributed by atoms with Crippen molar-refractivity contribution in [1.29, 1.82) is 0 Å². The lowest BCUT2D eigenvalue weighted by Crippen LogP contribution is -2.08. The molecule has 1 atom stereocenters. The van der Waals surface area contributed by atoms with E-state index in [2.05, 4.69) is 42.6 Å². The van der Waals surface area contributed by atoms with E-state index in [9.17, 15) is 4.79 Å². The van der Waals surface area contributed by atoms with Crippen molar-refractivity contribution in [1.82, 2.24) is 9.55 Å². The van der Waals surface area contributed by atoms with E-state index in [0.717, 1.165) is 5.69 Å². The van der Waals surface area contributed by atoms with Crippen molar-refractivity contribution in [2.75, 3.05) is 7.11 Å². The summed E-state index contributed by atoms with van der Waals surface area (Å²) in [6.07, 6.45) is 2.79. The predicted octanol–water partition coefficient (Wildman–Crippen LogP) is 3.27. The van der Waals surface area contributed by atoms with Gasteiger partial charge in [-0.3, -0.25) is 0 Å². The van der Waals surface area contributed by atoms with Crippen LogP contribution < -0.4 is 0 Å². The molecule has 0 saturated carbocycles. The Bertz CT molecular complexity index is 602. The Labute approximate surface area is 113 Å². The van der Waals surface area contributed by atoms with Gasteiger partial charge in [-0.25, -0.2) is 14.3 Å². The maximum atomic E-state index is 11.4. The molecule has 1 aromatic heterocycles. The molecule has 1 heterocycles. The van der Waals surface area contributed by atoms with Crippen molar-refractivity contribution in [3.8, 4) is 0 Å². The molecule has 0 aliphatic heterocycles. The summed E-state index contributed by atoms with van der Waals surface area (Å²) in [5, 5.41) is 0. The summed E-state index contributed by atoms with van der Waals surface area (Å²) in [6.45, 7) is 6.29. The summed E-state index contributed by atoms with van der Waals surface area (Å²) in [6, 6.07) is 6.24. The average molecular weight is 258 g/mol. The van der Waals surface area contributed by atoms with Gasteiger partial charge in [-0.05, 0) is 30.5 Å². The highest BCUT2D eigenvalue weighted by Crippen LogP contribution is 2.26. The van der Waals surface area contributed by atoms with Gasteiger partial charge in [-0.1, -0.05) is 25.1 Å². The lowest BCUT2D eigenvalue weighted by atomic mass is 9.92. The molecule has 0 fully saturated rings. The molecule has 100 valence electrons. The van der Waals surface area contributed by atoms with Crippen LogP contribution in [0.1, 0.15) is 35.2 Å². The molecule has 0 aliphatic carbocycles. The zero-order valence-electron chi connectivity index (χ0n) is 11.7. The summed E-state index contributed by atoms with van der Waals surface area (Å²) in [7, 11) is 1.36. The molecule has 4 heteroatoms.